The second kappa shape index (κ2) is 9.69. The molecule has 0 saturated heterocycles. The van der Waals surface area contributed by atoms with Gasteiger partial charge >= 0.3 is 0 Å². The minimum absolute atomic E-state index is 0.0310. The van der Waals surface area contributed by atoms with Crippen LogP contribution in [-0.2, 0) is 15.9 Å². The predicted octanol–water partition coefficient (Wildman–Crippen LogP) is 2.15. The first-order valence-electron chi connectivity index (χ1n) is 6.87. The molecule has 0 aromatic heterocycles. The summed E-state index contributed by atoms with van der Waals surface area (Å²) in [5, 5.41) is 0. The monoisotopic (exact) mass is 285 g/mol. The molecular formula is C15H24FNO3. The zero-order valence-electron chi connectivity index (χ0n) is 12.2. The van der Waals surface area contributed by atoms with Crippen LogP contribution in [0, 0.1) is 5.82 Å². The molecule has 4 nitrogen and oxygen atoms in total. The van der Waals surface area contributed by atoms with Crippen LogP contribution in [0.2, 0.25) is 0 Å². The molecule has 1 atom stereocenters. The molecule has 0 amide bonds. The van der Waals surface area contributed by atoms with Crippen molar-refractivity contribution in [3.63, 3.8) is 0 Å². The summed E-state index contributed by atoms with van der Waals surface area (Å²) in [6.07, 6.45) is 1.37. The summed E-state index contributed by atoms with van der Waals surface area (Å²) in [5.41, 5.74) is 6.56. The molecule has 0 heterocycles. The number of methoxy groups -OCH3 is 1. The molecule has 1 aromatic carbocycles. The van der Waals surface area contributed by atoms with Crippen molar-refractivity contribution >= 4 is 0 Å². The summed E-state index contributed by atoms with van der Waals surface area (Å²) in [6, 6.07) is 4.50. The van der Waals surface area contributed by atoms with Crippen molar-refractivity contribution in [3.05, 3.63) is 29.6 Å². The number of halogens is 1. The van der Waals surface area contributed by atoms with Crippen molar-refractivity contribution in [2.75, 3.05) is 33.5 Å². The predicted molar refractivity (Wildman–Crippen MR) is 76.6 cm³/mol. The SMILES string of the molecule is COCCOCCCOc1ccc(F)cc1CC(C)N. The number of nitrogens with two attached hydrogens (primary N) is 1. The molecule has 1 rings (SSSR count). The van der Waals surface area contributed by atoms with Crippen molar-refractivity contribution in [1.29, 1.82) is 0 Å². The van der Waals surface area contributed by atoms with E-state index in [4.69, 9.17) is 19.9 Å². The third-order valence-electron chi connectivity index (χ3n) is 2.69. The highest BCUT2D eigenvalue weighted by atomic mass is 19.1. The molecule has 2 N–H and O–H groups in total. The Balaban J connectivity index is 2.35. The first-order chi connectivity index (χ1) is 9.63. The Morgan fingerprint density at radius 3 is 2.70 bits per heavy atom. The highest BCUT2D eigenvalue weighted by Gasteiger charge is 2.07. The van der Waals surface area contributed by atoms with Gasteiger partial charge in [0.1, 0.15) is 11.6 Å². The van der Waals surface area contributed by atoms with Gasteiger partial charge in [0.15, 0.2) is 0 Å². The number of rotatable bonds is 10. The summed E-state index contributed by atoms with van der Waals surface area (Å²) in [5.74, 6) is 0.427. The molecule has 0 spiro atoms. The number of hydrogen-bond donors (Lipinski definition) is 1. The second-order valence-electron chi connectivity index (χ2n) is 4.74. The average Bonchev–Trinajstić information content (AvgIpc) is 2.39. The topological polar surface area (TPSA) is 53.7 Å². The molecule has 0 radical (unpaired) electrons. The van der Waals surface area contributed by atoms with Gasteiger partial charge in [0.25, 0.3) is 0 Å². The van der Waals surface area contributed by atoms with Gasteiger partial charge < -0.3 is 19.9 Å². The van der Waals surface area contributed by atoms with Gasteiger partial charge in [0, 0.05) is 26.2 Å². The Morgan fingerprint density at radius 2 is 2.00 bits per heavy atom. The van der Waals surface area contributed by atoms with Crippen LogP contribution in [0.3, 0.4) is 0 Å². The lowest BCUT2D eigenvalue weighted by Gasteiger charge is -2.13. The van der Waals surface area contributed by atoms with E-state index in [-0.39, 0.29) is 11.9 Å². The number of ether oxygens (including phenoxy) is 3. The summed E-state index contributed by atoms with van der Waals surface area (Å²) >= 11 is 0. The summed E-state index contributed by atoms with van der Waals surface area (Å²) in [6.45, 7) is 4.22. The van der Waals surface area contributed by atoms with Gasteiger partial charge in [-0.2, -0.15) is 0 Å². The molecule has 0 saturated carbocycles. The van der Waals surface area contributed by atoms with Crippen molar-refractivity contribution in [1.82, 2.24) is 0 Å². The third-order valence-corrected chi connectivity index (χ3v) is 2.69. The molecule has 114 valence electrons. The van der Waals surface area contributed by atoms with E-state index in [9.17, 15) is 4.39 Å². The van der Waals surface area contributed by atoms with Crippen molar-refractivity contribution < 1.29 is 18.6 Å². The zero-order chi connectivity index (χ0) is 14.8. The van der Waals surface area contributed by atoms with Crippen molar-refractivity contribution in [2.45, 2.75) is 25.8 Å². The lowest BCUT2D eigenvalue weighted by molar-refractivity contribution is 0.0644. The fourth-order valence-electron chi connectivity index (χ4n) is 1.78. The molecule has 0 fully saturated rings. The molecular weight excluding hydrogens is 261 g/mol. The van der Waals surface area contributed by atoms with E-state index in [1.54, 1.807) is 13.2 Å². The van der Waals surface area contributed by atoms with E-state index < -0.39 is 0 Å². The number of benzene rings is 1. The van der Waals surface area contributed by atoms with Crippen LogP contribution in [0.1, 0.15) is 18.9 Å². The van der Waals surface area contributed by atoms with Crippen molar-refractivity contribution in [2.24, 2.45) is 5.73 Å². The van der Waals surface area contributed by atoms with Gasteiger partial charge in [0.05, 0.1) is 19.8 Å². The van der Waals surface area contributed by atoms with Crippen LogP contribution < -0.4 is 10.5 Å². The minimum atomic E-state index is -0.268. The van der Waals surface area contributed by atoms with Crippen LogP contribution in [0.5, 0.6) is 5.75 Å². The van der Waals surface area contributed by atoms with Gasteiger partial charge in [-0.1, -0.05) is 0 Å². The first-order valence-corrected chi connectivity index (χ1v) is 6.87. The van der Waals surface area contributed by atoms with E-state index >= 15 is 0 Å². The molecule has 0 aliphatic heterocycles. The summed E-state index contributed by atoms with van der Waals surface area (Å²) < 4.78 is 29.1. The quantitative estimate of drug-likeness (QED) is 0.669. The van der Waals surface area contributed by atoms with Gasteiger partial charge in [-0.3, -0.25) is 0 Å². The van der Waals surface area contributed by atoms with E-state index in [0.717, 1.165) is 12.0 Å². The van der Waals surface area contributed by atoms with Gasteiger partial charge in [0.2, 0.25) is 0 Å². The maximum atomic E-state index is 13.2. The maximum absolute atomic E-state index is 13.2. The fraction of sp³-hybridized carbons (Fsp3) is 0.600. The molecule has 5 heteroatoms. The Bertz CT molecular complexity index is 385. The normalized spacial score (nSPS) is 12.4. The van der Waals surface area contributed by atoms with Gasteiger partial charge in [-0.15, -0.1) is 0 Å². The smallest absolute Gasteiger partial charge is 0.123 e. The van der Waals surface area contributed by atoms with E-state index in [1.165, 1.54) is 12.1 Å². The molecule has 1 aromatic rings. The van der Waals surface area contributed by atoms with E-state index in [1.807, 2.05) is 6.92 Å². The van der Waals surface area contributed by atoms with Gasteiger partial charge in [-0.25, -0.2) is 4.39 Å². The fourth-order valence-corrected chi connectivity index (χ4v) is 1.78. The molecule has 0 aliphatic carbocycles. The average molecular weight is 285 g/mol. The van der Waals surface area contributed by atoms with Crippen LogP contribution in [-0.4, -0.2) is 39.6 Å². The van der Waals surface area contributed by atoms with Crippen LogP contribution >= 0.6 is 0 Å². The van der Waals surface area contributed by atoms with E-state index in [0.29, 0.717) is 38.6 Å². The zero-order valence-corrected chi connectivity index (χ0v) is 12.2. The molecule has 0 aliphatic rings. The Kier molecular flexibility index (Phi) is 8.18. The van der Waals surface area contributed by atoms with E-state index in [2.05, 4.69) is 0 Å². The second-order valence-corrected chi connectivity index (χ2v) is 4.74. The largest absolute Gasteiger partial charge is 0.493 e. The summed E-state index contributed by atoms with van der Waals surface area (Å²) in [7, 11) is 1.64. The van der Waals surface area contributed by atoms with Crippen LogP contribution in [0.25, 0.3) is 0 Å². The lowest BCUT2D eigenvalue weighted by atomic mass is 10.1. The highest BCUT2D eigenvalue weighted by molar-refractivity contribution is 5.34. The molecule has 0 bridgehead atoms. The molecule has 20 heavy (non-hydrogen) atoms. The Hall–Kier alpha value is -1.17. The highest BCUT2D eigenvalue weighted by Crippen LogP contribution is 2.21. The summed E-state index contributed by atoms with van der Waals surface area (Å²) in [4.78, 5) is 0. The van der Waals surface area contributed by atoms with Gasteiger partial charge in [-0.05, 0) is 37.1 Å². The lowest BCUT2D eigenvalue weighted by Crippen LogP contribution is -2.18. The Labute approximate surface area is 120 Å². The maximum Gasteiger partial charge on any atom is 0.123 e. The van der Waals surface area contributed by atoms with Crippen molar-refractivity contribution in [3.8, 4) is 5.75 Å². The molecule has 1 unspecified atom stereocenters. The number of hydrogen-bond acceptors (Lipinski definition) is 4. The first kappa shape index (κ1) is 16.9. The Morgan fingerprint density at radius 1 is 1.20 bits per heavy atom. The third kappa shape index (κ3) is 6.84. The van der Waals surface area contributed by atoms with Crippen LogP contribution in [0.4, 0.5) is 4.39 Å². The standard InChI is InChI=1S/C15H24FNO3/c1-12(17)10-13-11-14(16)4-5-15(13)20-7-3-6-19-9-8-18-2/h4-5,11-12H,3,6-10,17H2,1-2H3. The minimum Gasteiger partial charge on any atom is -0.493 e. The van der Waals surface area contributed by atoms with Crippen LogP contribution in [0.15, 0.2) is 18.2 Å².